The first-order chi connectivity index (χ1) is 4.95. The maximum atomic E-state index is 9.11. The van der Waals surface area contributed by atoms with Gasteiger partial charge in [-0.1, -0.05) is 13.8 Å². The largest absolute Gasteiger partial charge is 0.392 e. The summed E-state index contributed by atoms with van der Waals surface area (Å²) >= 11 is 0. The number of hydrogen-bond acceptors (Lipinski definition) is 2. The summed E-state index contributed by atoms with van der Waals surface area (Å²) in [5.41, 5.74) is 0. The molecule has 0 aromatic heterocycles. The third-order valence-corrected chi connectivity index (χ3v) is 2.21. The summed E-state index contributed by atoms with van der Waals surface area (Å²) in [6.45, 7) is 9.17. The van der Waals surface area contributed by atoms with Crippen LogP contribution in [0.25, 0.3) is 0 Å². The summed E-state index contributed by atoms with van der Waals surface area (Å²) < 4.78 is 0. The Kier molecular flexibility index (Phi) is 4.69. The van der Waals surface area contributed by atoms with Crippen LogP contribution < -0.4 is 0 Å². The van der Waals surface area contributed by atoms with E-state index >= 15 is 0 Å². The van der Waals surface area contributed by atoms with Crippen LogP contribution in [0.1, 0.15) is 27.7 Å². The van der Waals surface area contributed by atoms with E-state index in [1.165, 1.54) is 0 Å². The maximum absolute atomic E-state index is 9.11. The van der Waals surface area contributed by atoms with Gasteiger partial charge < -0.3 is 10.0 Å². The first-order valence-electron chi connectivity index (χ1n) is 4.33. The number of aliphatic hydroxyl groups is 1. The lowest BCUT2D eigenvalue weighted by molar-refractivity contribution is 0.107. The van der Waals surface area contributed by atoms with Crippen molar-refractivity contribution in [3.8, 4) is 0 Å². The number of hydrogen-bond donors (Lipinski definition) is 1. The average Bonchev–Trinajstić information content (AvgIpc) is 1.84. The van der Waals surface area contributed by atoms with Crippen molar-refractivity contribution in [1.82, 2.24) is 4.90 Å². The van der Waals surface area contributed by atoms with Crippen molar-refractivity contribution in [2.24, 2.45) is 5.92 Å². The highest BCUT2D eigenvalue weighted by atomic mass is 16.3. The summed E-state index contributed by atoms with van der Waals surface area (Å²) in [7, 11) is 2.05. The van der Waals surface area contributed by atoms with Gasteiger partial charge in [0.15, 0.2) is 0 Å². The Morgan fingerprint density at radius 1 is 1.18 bits per heavy atom. The molecular formula is C9H21NO. The van der Waals surface area contributed by atoms with E-state index in [1.807, 2.05) is 6.92 Å². The molecule has 0 spiro atoms. The summed E-state index contributed by atoms with van der Waals surface area (Å²) in [5, 5.41) is 9.11. The van der Waals surface area contributed by atoms with Crippen molar-refractivity contribution in [2.75, 3.05) is 13.6 Å². The van der Waals surface area contributed by atoms with Gasteiger partial charge in [0.25, 0.3) is 0 Å². The molecule has 0 aromatic carbocycles. The van der Waals surface area contributed by atoms with Gasteiger partial charge in [0.1, 0.15) is 0 Å². The quantitative estimate of drug-likeness (QED) is 0.669. The van der Waals surface area contributed by atoms with Gasteiger partial charge in [-0.15, -0.1) is 0 Å². The molecule has 0 aliphatic rings. The Labute approximate surface area is 70.2 Å². The SMILES string of the molecule is CC(C)C(C)N(C)C[C@H](C)O. The van der Waals surface area contributed by atoms with Gasteiger partial charge in [-0.3, -0.25) is 0 Å². The van der Waals surface area contributed by atoms with Crippen LogP contribution in [0.3, 0.4) is 0 Å². The minimum Gasteiger partial charge on any atom is -0.392 e. The molecule has 0 aromatic rings. The second kappa shape index (κ2) is 4.73. The number of aliphatic hydroxyl groups excluding tert-OH is 1. The van der Waals surface area contributed by atoms with Crippen LogP contribution in [0.2, 0.25) is 0 Å². The van der Waals surface area contributed by atoms with Gasteiger partial charge in [0.2, 0.25) is 0 Å². The molecule has 0 aliphatic heterocycles. The average molecular weight is 159 g/mol. The third-order valence-electron chi connectivity index (χ3n) is 2.21. The molecule has 0 aliphatic carbocycles. The Bertz CT molecular complexity index is 102. The van der Waals surface area contributed by atoms with Gasteiger partial charge in [0.05, 0.1) is 6.10 Å². The molecule has 0 bridgehead atoms. The second-order valence-electron chi connectivity index (χ2n) is 3.77. The molecule has 2 heteroatoms. The summed E-state index contributed by atoms with van der Waals surface area (Å²) in [4.78, 5) is 2.19. The van der Waals surface area contributed by atoms with Crippen LogP contribution >= 0.6 is 0 Å². The monoisotopic (exact) mass is 159 g/mol. The zero-order valence-corrected chi connectivity index (χ0v) is 8.33. The molecule has 0 rings (SSSR count). The molecule has 0 amide bonds. The Morgan fingerprint density at radius 2 is 1.64 bits per heavy atom. The van der Waals surface area contributed by atoms with E-state index < -0.39 is 0 Å². The summed E-state index contributed by atoms with van der Waals surface area (Å²) in [6.07, 6.45) is -0.221. The topological polar surface area (TPSA) is 23.5 Å². The Balaban J connectivity index is 3.73. The first-order valence-corrected chi connectivity index (χ1v) is 4.33. The van der Waals surface area contributed by atoms with Crippen LogP contribution in [0.15, 0.2) is 0 Å². The molecule has 2 atom stereocenters. The van der Waals surface area contributed by atoms with Crippen molar-refractivity contribution in [3.63, 3.8) is 0 Å². The molecule has 1 unspecified atom stereocenters. The molecule has 68 valence electrons. The third kappa shape index (κ3) is 4.38. The minimum atomic E-state index is -0.221. The van der Waals surface area contributed by atoms with Crippen LogP contribution in [0.4, 0.5) is 0 Å². The lowest BCUT2D eigenvalue weighted by Gasteiger charge is -2.28. The van der Waals surface area contributed by atoms with Crippen LogP contribution in [0, 0.1) is 5.92 Å². The van der Waals surface area contributed by atoms with E-state index in [1.54, 1.807) is 0 Å². The minimum absolute atomic E-state index is 0.221. The summed E-state index contributed by atoms with van der Waals surface area (Å²) in [6, 6.07) is 0.546. The molecule has 11 heavy (non-hydrogen) atoms. The van der Waals surface area contributed by atoms with E-state index in [-0.39, 0.29) is 6.10 Å². The van der Waals surface area contributed by atoms with Crippen molar-refractivity contribution in [1.29, 1.82) is 0 Å². The molecule has 0 heterocycles. The van der Waals surface area contributed by atoms with Gasteiger partial charge in [-0.25, -0.2) is 0 Å². The molecule has 0 fully saturated rings. The van der Waals surface area contributed by atoms with Crippen LogP contribution in [-0.4, -0.2) is 35.7 Å². The van der Waals surface area contributed by atoms with Gasteiger partial charge in [-0.05, 0) is 26.8 Å². The van der Waals surface area contributed by atoms with Crippen molar-refractivity contribution < 1.29 is 5.11 Å². The van der Waals surface area contributed by atoms with Crippen molar-refractivity contribution >= 4 is 0 Å². The Morgan fingerprint density at radius 3 is 1.91 bits per heavy atom. The fourth-order valence-corrected chi connectivity index (χ4v) is 1.09. The smallest absolute Gasteiger partial charge is 0.0639 e. The number of rotatable bonds is 4. The molecule has 1 N–H and O–H groups in total. The van der Waals surface area contributed by atoms with E-state index in [0.717, 1.165) is 6.54 Å². The van der Waals surface area contributed by atoms with E-state index in [0.29, 0.717) is 12.0 Å². The highest BCUT2D eigenvalue weighted by molar-refractivity contribution is 4.68. The molecule has 0 radical (unpaired) electrons. The predicted octanol–water partition coefficient (Wildman–Crippen LogP) is 1.34. The fourth-order valence-electron chi connectivity index (χ4n) is 1.09. The Hall–Kier alpha value is -0.0800. The van der Waals surface area contributed by atoms with Gasteiger partial charge >= 0.3 is 0 Å². The van der Waals surface area contributed by atoms with Crippen molar-refractivity contribution in [3.05, 3.63) is 0 Å². The standard InChI is InChI=1S/C9H21NO/c1-7(2)9(4)10(5)6-8(3)11/h7-9,11H,6H2,1-5H3/t8-,9?/m0/s1. The normalized spacial score (nSPS) is 17.5. The van der Waals surface area contributed by atoms with Gasteiger partial charge in [-0.2, -0.15) is 0 Å². The van der Waals surface area contributed by atoms with E-state index in [4.69, 9.17) is 5.11 Å². The molecule has 0 saturated carbocycles. The maximum Gasteiger partial charge on any atom is 0.0639 e. The van der Waals surface area contributed by atoms with Crippen molar-refractivity contribution in [2.45, 2.75) is 39.8 Å². The summed E-state index contributed by atoms with van der Waals surface area (Å²) in [5.74, 6) is 0.652. The lowest BCUT2D eigenvalue weighted by Crippen LogP contribution is -2.37. The zero-order valence-electron chi connectivity index (χ0n) is 8.33. The zero-order chi connectivity index (χ0) is 9.02. The van der Waals surface area contributed by atoms with Crippen LogP contribution in [0.5, 0.6) is 0 Å². The van der Waals surface area contributed by atoms with E-state index in [2.05, 4.69) is 32.7 Å². The predicted molar refractivity (Wildman–Crippen MR) is 48.6 cm³/mol. The highest BCUT2D eigenvalue weighted by Crippen LogP contribution is 2.07. The first kappa shape index (κ1) is 10.9. The fraction of sp³-hybridized carbons (Fsp3) is 1.00. The highest BCUT2D eigenvalue weighted by Gasteiger charge is 2.13. The van der Waals surface area contributed by atoms with Gasteiger partial charge in [0, 0.05) is 12.6 Å². The van der Waals surface area contributed by atoms with E-state index in [9.17, 15) is 0 Å². The number of nitrogens with zero attached hydrogens (tertiary/aromatic N) is 1. The second-order valence-corrected chi connectivity index (χ2v) is 3.77. The van der Waals surface area contributed by atoms with Crippen LogP contribution in [-0.2, 0) is 0 Å². The molecule has 2 nitrogen and oxygen atoms in total. The molecule has 0 saturated heterocycles. The molecular weight excluding hydrogens is 138 g/mol. The lowest BCUT2D eigenvalue weighted by atomic mass is 10.1. The number of likely N-dealkylation sites (N-methyl/N-ethyl adjacent to an activating group) is 1.